The second-order valence-electron chi connectivity index (χ2n) is 8.55. The van der Waals surface area contributed by atoms with Gasteiger partial charge in [-0.3, -0.25) is 4.79 Å². The van der Waals surface area contributed by atoms with Crippen molar-refractivity contribution in [3.63, 3.8) is 0 Å². The van der Waals surface area contributed by atoms with E-state index in [4.69, 9.17) is 0 Å². The number of benzene rings is 3. The molecule has 0 spiro atoms. The molecule has 0 radical (unpaired) electrons. The van der Waals surface area contributed by atoms with Crippen molar-refractivity contribution in [2.24, 2.45) is 4.99 Å². The zero-order chi connectivity index (χ0) is 24.6. The van der Waals surface area contributed by atoms with Crippen molar-refractivity contribution in [3.05, 3.63) is 106 Å². The number of fused-ring (bicyclic) bond motifs is 2. The van der Waals surface area contributed by atoms with Crippen LogP contribution < -0.4 is 4.80 Å². The highest BCUT2D eigenvalue weighted by molar-refractivity contribution is 7.89. The summed E-state index contributed by atoms with van der Waals surface area (Å²) in [5.41, 5.74) is 4.69. The second-order valence-corrected chi connectivity index (χ2v) is 11.5. The Hall–Kier alpha value is -3.33. The summed E-state index contributed by atoms with van der Waals surface area (Å²) < 4.78 is 30.9. The number of carbonyl (C=O) groups excluding carboxylic acids is 1. The molecule has 8 heteroatoms. The van der Waals surface area contributed by atoms with Gasteiger partial charge in [-0.05, 0) is 66.4 Å². The number of rotatable bonds is 5. The molecule has 178 valence electrons. The fraction of sp³-hybridized carbons (Fsp3) is 0.185. The molecule has 4 aromatic rings. The molecular formula is C27H25N3O3S2. The van der Waals surface area contributed by atoms with E-state index in [9.17, 15) is 13.2 Å². The van der Waals surface area contributed by atoms with Crippen LogP contribution in [0.4, 0.5) is 0 Å². The molecule has 0 N–H and O–H groups in total. The Balaban J connectivity index is 1.42. The van der Waals surface area contributed by atoms with Gasteiger partial charge in [-0.1, -0.05) is 47.7 Å². The number of aryl methyl sites for hydroxylation is 1. The lowest BCUT2D eigenvalue weighted by Crippen LogP contribution is -2.35. The number of thiazole rings is 1. The summed E-state index contributed by atoms with van der Waals surface area (Å²) in [7, 11) is -3.66. The highest BCUT2D eigenvalue weighted by Gasteiger charge is 2.28. The molecule has 35 heavy (non-hydrogen) atoms. The molecule has 0 saturated heterocycles. The van der Waals surface area contributed by atoms with E-state index in [0.29, 0.717) is 36.4 Å². The number of carbonyl (C=O) groups is 1. The van der Waals surface area contributed by atoms with Gasteiger partial charge in [-0.2, -0.15) is 9.30 Å². The van der Waals surface area contributed by atoms with Crippen LogP contribution in [0.5, 0.6) is 0 Å². The third-order valence-electron chi connectivity index (χ3n) is 6.18. The second kappa shape index (κ2) is 9.37. The van der Waals surface area contributed by atoms with Gasteiger partial charge in [-0.25, -0.2) is 8.42 Å². The lowest BCUT2D eigenvalue weighted by atomic mass is 10.0. The molecule has 0 saturated carbocycles. The van der Waals surface area contributed by atoms with Gasteiger partial charge in [0.1, 0.15) is 0 Å². The van der Waals surface area contributed by atoms with Gasteiger partial charge in [0.25, 0.3) is 5.91 Å². The van der Waals surface area contributed by atoms with Crippen LogP contribution in [0.2, 0.25) is 0 Å². The highest BCUT2D eigenvalue weighted by Crippen LogP contribution is 2.25. The SMILES string of the molecule is C=CCn1c(=NC(=O)c2ccc(S(=O)(=O)N3CCc4ccccc4C3)cc2)sc2cc(C)ccc21. The fourth-order valence-corrected chi connectivity index (χ4v) is 6.87. The standard InChI is InChI=1S/C27H25N3O3S2/c1-3-15-30-24-13-8-19(2)17-25(24)34-27(30)28-26(31)21-9-11-23(12-10-21)35(32,33)29-16-14-20-6-4-5-7-22(20)18-29/h3-13,17H,1,14-16,18H2,2H3. The van der Waals surface area contributed by atoms with E-state index in [-0.39, 0.29) is 4.90 Å². The fourth-order valence-electron chi connectivity index (χ4n) is 4.32. The molecule has 5 rings (SSSR count). The first-order chi connectivity index (χ1) is 16.9. The predicted octanol–water partition coefficient (Wildman–Crippen LogP) is 4.69. The molecule has 0 aliphatic carbocycles. The number of allylic oxidation sites excluding steroid dienone is 1. The van der Waals surface area contributed by atoms with E-state index in [1.807, 2.05) is 47.9 Å². The molecule has 0 bridgehead atoms. The lowest BCUT2D eigenvalue weighted by Gasteiger charge is -2.28. The summed E-state index contributed by atoms with van der Waals surface area (Å²) in [6.45, 7) is 7.16. The van der Waals surface area contributed by atoms with Gasteiger partial charge >= 0.3 is 0 Å². The van der Waals surface area contributed by atoms with Crippen molar-refractivity contribution in [3.8, 4) is 0 Å². The zero-order valence-corrected chi connectivity index (χ0v) is 21.0. The van der Waals surface area contributed by atoms with Gasteiger partial charge in [0.2, 0.25) is 10.0 Å². The highest BCUT2D eigenvalue weighted by atomic mass is 32.2. The van der Waals surface area contributed by atoms with Crippen LogP contribution in [0.3, 0.4) is 0 Å². The first kappa shape index (κ1) is 23.4. The normalized spacial score (nSPS) is 14.7. The third kappa shape index (κ3) is 4.52. The summed E-state index contributed by atoms with van der Waals surface area (Å²) in [5, 5.41) is 0. The van der Waals surface area contributed by atoms with E-state index in [2.05, 4.69) is 17.6 Å². The largest absolute Gasteiger partial charge is 0.312 e. The maximum atomic E-state index is 13.2. The molecule has 3 aromatic carbocycles. The smallest absolute Gasteiger partial charge is 0.279 e. The number of nitrogens with zero attached hydrogens (tertiary/aromatic N) is 3. The summed E-state index contributed by atoms with van der Waals surface area (Å²) >= 11 is 1.45. The Labute approximate surface area is 208 Å². The van der Waals surface area contributed by atoms with Crippen molar-refractivity contribution < 1.29 is 13.2 Å². The zero-order valence-electron chi connectivity index (χ0n) is 19.3. The monoisotopic (exact) mass is 503 g/mol. The molecular weight excluding hydrogens is 478 g/mol. The summed E-state index contributed by atoms with van der Waals surface area (Å²) in [5.74, 6) is -0.415. The molecule has 0 fully saturated rings. The van der Waals surface area contributed by atoms with Crippen LogP contribution in [-0.2, 0) is 29.5 Å². The van der Waals surface area contributed by atoms with E-state index in [1.54, 1.807) is 6.08 Å². The van der Waals surface area contributed by atoms with Crippen LogP contribution in [0.1, 0.15) is 27.0 Å². The van der Waals surface area contributed by atoms with Gasteiger partial charge in [-0.15, -0.1) is 6.58 Å². The minimum absolute atomic E-state index is 0.174. The maximum Gasteiger partial charge on any atom is 0.279 e. The molecule has 0 atom stereocenters. The number of sulfonamides is 1. The van der Waals surface area contributed by atoms with Crippen molar-refractivity contribution >= 4 is 37.5 Å². The number of amides is 1. The predicted molar refractivity (Wildman–Crippen MR) is 139 cm³/mol. The Morgan fingerprint density at radius 2 is 1.83 bits per heavy atom. The molecule has 2 heterocycles. The number of aromatic nitrogens is 1. The van der Waals surface area contributed by atoms with Crippen molar-refractivity contribution in [1.82, 2.24) is 8.87 Å². The summed E-state index contributed by atoms with van der Waals surface area (Å²) in [4.78, 5) is 18.1. The van der Waals surface area contributed by atoms with Crippen LogP contribution >= 0.6 is 11.3 Å². The van der Waals surface area contributed by atoms with Crippen LogP contribution in [0.25, 0.3) is 10.2 Å². The van der Waals surface area contributed by atoms with Gasteiger partial charge in [0.05, 0.1) is 15.1 Å². The van der Waals surface area contributed by atoms with Crippen molar-refractivity contribution in [2.75, 3.05) is 6.54 Å². The minimum Gasteiger partial charge on any atom is -0.312 e. The van der Waals surface area contributed by atoms with E-state index in [1.165, 1.54) is 45.5 Å². The average molecular weight is 504 g/mol. The van der Waals surface area contributed by atoms with Crippen molar-refractivity contribution in [2.45, 2.75) is 31.3 Å². The Bertz CT molecular complexity index is 1610. The Kier molecular flexibility index (Phi) is 6.27. The first-order valence-electron chi connectivity index (χ1n) is 11.3. The number of hydrogen-bond acceptors (Lipinski definition) is 4. The average Bonchev–Trinajstić information content (AvgIpc) is 3.19. The third-order valence-corrected chi connectivity index (χ3v) is 9.08. The molecule has 1 amide bonds. The van der Waals surface area contributed by atoms with E-state index < -0.39 is 15.9 Å². The Morgan fingerprint density at radius 1 is 1.09 bits per heavy atom. The van der Waals surface area contributed by atoms with Crippen LogP contribution in [0, 0.1) is 6.92 Å². The van der Waals surface area contributed by atoms with Gasteiger partial charge in [0.15, 0.2) is 4.80 Å². The first-order valence-corrected chi connectivity index (χ1v) is 13.6. The number of hydrogen-bond donors (Lipinski definition) is 0. The van der Waals surface area contributed by atoms with E-state index >= 15 is 0 Å². The summed E-state index contributed by atoms with van der Waals surface area (Å²) in [6.07, 6.45) is 2.46. The molecule has 1 aromatic heterocycles. The quantitative estimate of drug-likeness (QED) is 0.371. The van der Waals surface area contributed by atoms with Gasteiger partial charge in [0, 0.05) is 25.2 Å². The maximum absolute atomic E-state index is 13.2. The molecule has 1 aliphatic heterocycles. The molecule has 1 aliphatic rings. The summed E-state index contributed by atoms with van der Waals surface area (Å²) in [6, 6.07) is 20.1. The topological polar surface area (TPSA) is 71.7 Å². The Morgan fingerprint density at radius 3 is 2.57 bits per heavy atom. The minimum atomic E-state index is -3.66. The lowest BCUT2D eigenvalue weighted by molar-refractivity contribution is 0.0997. The van der Waals surface area contributed by atoms with Crippen LogP contribution in [0.15, 0.2) is 89.3 Å². The van der Waals surface area contributed by atoms with Gasteiger partial charge < -0.3 is 4.57 Å². The van der Waals surface area contributed by atoms with E-state index in [0.717, 1.165) is 21.3 Å². The molecule has 0 unspecified atom stereocenters. The van der Waals surface area contributed by atoms with Crippen molar-refractivity contribution in [1.29, 1.82) is 0 Å². The van der Waals surface area contributed by atoms with Crippen LogP contribution in [-0.4, -0.2) is 29.7 Å². The molecule has 6 nitrogen and oxygen atoms in total.